The van der Waals surface area contributed by atoms with E-state index in [1.807, 2.05) is 6.07 Å². The van der Waals surface area contributed by atoms with E-state index in [9.17, 15) is 10.1 Å². The van der Waals surface area contributed by atoms with Crippen LogP contribution in [-0.4, -0.2) is 11.0 Å². The fraction of sp³-hybridized carbons (Fsp3) is 0.417. The number of fused-ring (bicyclic) bond motifs is 1. The van der Waals surface area contributed by atoms with E-state index in [1.165, 1.54) is 6.07 Å². The first-order valence-corrected chi connectivity index (χ1v) is 5.61. The molecule has 1 N–H and O–H groups in total. The summed E-state index contributed by atoms with van der Waals surface area (Å²) in [5.74, 6) is 0. The number of nitrogens with zero attached hydrogens (tertiary/aromatic N) is 2. The Labute approximate surface area is 98.2 Å². The van der Waals surface area contributed by atoms with Crippen molar-refractivity contribution in [1.29, 1.82) is 5.26 Å². The highest BCUT2D eigenvalue weighted by Crippen LogP contribution is 2.48. The smallest absolute Gasteiger partial charge is 0.287 e. The molecule has 2 heterocycles. The van der Waals surface area contributed by atoms with Gasteiger partial charge in [0, 0.05) is 17.6 Å². The van der Waals surface area contributed by atoms with Gasteiger partial charge < -0.3 is 5.32 Å². The Morgan fingerprint density at radius 3 is 2.88 bits per heavy atom. The van der Waals surface area contributed by atoms with Crippen molar-refractivity contribution < 1.29 is 4.92 Å². The molecule has 1 saturated carbocycles. The first-order valence-electron chi connectivity index (χ1n) is 5.61. The van der Waals surface area contributed by atoms with Crippen LogP contribution in [0, 0.1) is 21.4 Å². The van der Waals surface area contributed by atoms with Crippen molar-refractivity contribution in [1.82, 2.24) is 5.32 Å². The third-order valence-electron chi connectivity index (χ3n) is 3.86. The van der Waals surface area contributed by atoms with Crippen molar-refractivity contribution in [2.45, 2.75) is 30.8 Å². The normalized spacial score (nSPS) is 29.5. The van der Waals surface area contributed by atoms with Gasteiger partial charge in [0.05, 0.1) is 4.92 Å². The Balaban J connectivity index is 2.03. The molecule has 0 amide bonds. The Morgan fingerprint density at radius 2 is 2.35 bits per heavy atom. The van der Waals surface area contributed by atoms with Crippen LogP contribution in [0.15, 0.2) is 18.2 Å². The Morgan fingerprint density at radius 1 is 1.59 bits per heavy atom. The molecule has 4 rings (SSSR count). The summed E-state index contributed by atoms with van der Waals surface area (Å²) in [6.45, 7) is 0. The standard InChI is InChI=1S/C12H11N3O2/c13-7-8-5-9(1-2-11(8)15(16)17)12-4-3-10(6-12)14-12/h1-2,5,10,14H,3-4,6H2. The average molecular weight is 229 g/mol. The van der Waals surface area contributed by atoms with E-state index in [2.05, 4.69) is 5.32 Å². The van der Waals surface area contributed by atoms with Crippen molar-refractivity contribution in [3.8, 4) is 6.07 Å². The molecule has 2 bridgehead atoms. The van der Waals surface area contributed by atoms with Gasteiger partial charge in [-0.05, 0) is 30.9 Å². The van der Waals surface area contributed by atoms with Crippen LogP contribution in [0.4, 0.5) is 5.69 Å². The minimum atomic E-state index is -0.508. The minimum Gasteiger partial charge on any atom is -0.304 e. The Bertz CT molecular complexity index is 536. The maximum absolute atomic E-state index is 10.7. The summed E-state index contributed by atoms with van der Waals surface area (Å²) in [5, 5.41) is 23.2. The molecule has 1 aromatic rings. The quantitative estimate of drug-likeness (QED) is 0.619. The summed E-state index contributed by atoms with van der Waals surface area (Å²) in [4.78, 5) is 10.2. The second kappa shape index (κ2) is 3.28. The summed E-state index contributed by atoms with van der Waals surface area (Å²) in [6.07, 6.45) is 3.29. The molecule has 3 aliphatic rings. The zero-order valence-corrected chi connectivity index (χ0v) is 9.14. The molecule has 17 heavy (non-hydrogen) atoms. The molecular weight excluding hydrogens is 218 g/mol. The fourth-order valence-electron chi connectivity index (χ4n) is 2.99. The van der Waals surface area contributed by atoms with Crippen LogP contribution < -0.4 is 5.32 Å². The van der Waals surface area contributed by atoms with Gasteiger partial charge in [-0.25, -0.2) is 0 Å². The number of nitro groups is 1. The highest BCUT2D eigenvalue weighted by Gasteiger charge is 2.50. The SMILES string of the molecule is N#Cc1cc(C23CCC(C2)N3)ccc1[N+](=O)[O-]. The van der Waals surface area contributed by atoms with Gasteiger partial charge in [-0.1, -0.05) is 6.07 Å². The number of nitriles is 1. The summed E-state index contributed by atoms with van der Waals surface area (Å²) in [6, 6.07) is 7.37. The number of hydrogen-bond donors (Lipinski definition) is 1. The van der Waals surface area contributed by atoms with Gasteiger partial charge in [0.25, 0.3) is 5.69 Å². The van der Waals surface area contributed by atoms with Gasteiger partial charge in [-0.3, -0.25) is 10.1 Å². The predicted molar refractivity (Wildman–Crippen MR) is 60.3 cm³/mol. The van der Waals surface area contributed by atoms with Gasteiger partial charge >= 0.3 is 0 Å². The molecule has 2 unspecified atom stereocenters. The van der Waals surface area contributed by atoms with Crippen LogP contribution in [0.1, 0.15) is 30.4 Å². The molecule has 1 aromatic carbocycles. The molecule has 0 radical (unpaired) electrons. The van der Waals surface area contributed by atoms with Crippen LogP contribution in [0.25, 0.3) is 0 Å². The van der Waals surface area contributed by atoms with Crippen LogP contribution in [-0.2, 0) is 5.54 Å². The fourth-order valence-corrected chi connectivity index (χ4v) is 2.99. The van der Waals surface area contributed by atoms with E-state index in [0.717, 1.165) is 24.8 Å². The number of rotatable bonds is 2. The highest BCUT2D eigenvalue weighted by atomic mass is 16.6. The highest BCUT2D eigenvalue weighted by molar-refractivity contribution is 5.52. The van der Waals surface area contributed by atoms with Crippen LogP contribution in [0.3, 0.4) is 0 Å². The molecule has 0 spiro atoms. The van der Waals surface area contributed by atoms with E-state index < -0.39 is 4.92 Å². The largest absolute Gasteiger partial charge is 0.304 e. The van der Waals surface area contributed by atoms with E-state index in [0.29, 0.717) is 6.04 Å². The zero-order chi connectivity index (χ0) is 12.0. The van der Waals surface area contributed by atoms with E-state index >= 15 is 0 Å². The summed E-state index contributed by atoms with van der Waals surface area (Å²) in [5.41, 5.74) is 1.03. The molecule has 1 aliphatic carbocycles. The number of nitro benzene ring substituents is 1. The third-order valence-corrected chi connectivity index (χ3v) is 3.86. The second-order valence-corrected chi connectivity index (χ2v) is 4.77. The molecule has 5 nitrogen and oxygen atoms in total. The van der Waals surface area contributed by atoms with E-state index in [-0.39, 0.29) is 16.8 Å². The molecule has 3 fully saturated rings. The van der Waals surface area contributed by atoms with Crippen molar-refractivity contribution in [2.75, 3.05) is 0 Å². The third kappa shape index (κ3) is 1.34. The lowest BCUT2D eigenvalue weighted by Crippen LogP contribution is -2.53. The van der Waals surface area contributed by atoms with Crippen LogP contribution in [0.5, 0.6) is 0 Å². The van der Waals surface area contributed by atoms with E-state index in [1.54, 1.807) is 12.1 Å². The zero-order valence-electron chi connectivity index (χ0n) is 9.14. The summed E-state index contributed by atoms with van der Waals surface area (Å²) < 4.78 is 0. The topological polar surface area (TPSA) is 79.0 Å². The predicted octanol–water partition coefficient (Wildman–Crippen LogP) is 1.82. The monoisotopic (exact) mass is 229 g/mol. The lowest BCUT2D eigenvalue weighted by atomic mass is 9.82. The molecular formula is C12H11N3O2. The van der Waals surface area contributed by atoms with Crippen LogP contribution in [0.2, 0.25) is 0 Å². The summed E-state index contributed by atoms with van der Waals surface area (Å²) in [7, 11) is 0. The molecule has 2 aliphatic heterocycles. The van der Waals surface area contributed by atoms with Gasteiger partial charge in [0.1, 0.15) is 11.6 Å². The maximum atomic E-state index is 10.7. The number of benzene rings is 1. The van der Waals surface area contributed by atoms with E-state index in [4.69, 9.17) is 5.26 Å². The summed E-state index contributed by atoms with van der Waals surface area (Å²) >= 11 is 0. The Hall–Kier alpha value is -1.93. The molecule has 5 heteroatoms. The van der Waals surface area contributed by atoms with Crippen molar-refractivity contribution in [3.05, 3.63) is 39.4 Å². The van der Waals surface area contributed by atoms with Crippen molar-refractivity contribution in [2.24, 2.45) is 0 Å². The maximum Gasteiger partial charge on any atom is 0.287 e. The number of hydrogen-bond acceptors (Lipinski definition) is 4. The van der Waals surface area contributed by atoms with Crippen molar-refractivity contribution in [3.63, 3.8) is 0 Å². The second-order valence-electron chi connectivity index (χ2n) is 4.77. The average Bonchev–Trinajstić information content (AvgIpc) is 2.87. The first kappa shape index (κ1) is 10.2. The molecule has 0 aromatic heterocycles. The molecule has 86 valence electrons. The van der Waals surface area contributed by atoms with Gasteiger partial charge in [-0.15, -0.1) is 0 Å². The molecule has 2 atom stereocenters. The van der Waals surface area contributed by atoms with Gasteiger partial charge in [-0.2, -0.15) is 5.26 Å². The lowest BCUT2D eigenvalue weighted by Gasteiger charge is -2.40. The Kier molecular flexibility index (Phi) is 1.98. The van der Waals surface area contributed by atoms with Gasteiger partial charge in [0.15, 0.2) is 0 Å². The van der Waals surface area contributed by atoms with Gasteiger partial charge in [0.2, 0.25) is 0 Å². The minimum absolute atomic E-state index is 0.0224. The van der Waals surface area contributed by atoms with Crippen LogP contribution >= 0.6 is 0 Å². The number of nitrogens with one attached hydrogen (secondary N) is 1. The van der Waals surface area contributed by atoms with Crippen molar-refractivity contribution >= 4 is 5.69 Å². The lowest BCUT2D eigenvalue weighted by molar-refractivity contribution is -0.385. The first-order chi connectivity index (χ1) is 8.14. The molecule has 2 saturated heterocycles.